The summed E-state index contributed by atoms with van der Waals surface area (Å²) < 4.78 is 5.37. The predicted molar refractivity (Wildman–Crippen MR) is 96.3 cm³/mol. The number of carbonyl (C=O) groups is 1. The molecule has 126 valence electrons. The minimum atomic E-state index is -0.0684. The molecule has 24 heavy (non-hydrogen) atoms. The van der Waals surface area contributed by atoms with Crippen LogP contribution in [0, 0.1) is 0 Å². The summed E-state index contributed by atoms with van der Waals surface area (Å²) in [6.07, 6.45) is 0.958. The molecule has 1 N–H and O–H groups in total. The number of hydrogen-bond donors (Lipinski definition) is 1. The Kier molecular flexibility index (Phi) is 5.62. The van der Waals surface area contributed by atoms with Gasteiger partial charge in [0.15, 0.2) is 0 Å². The van der Waals surface area contributed by atoms with Gasteiger partial charge in [-0.15, -0.1) is 0 Å². The van der Waals surface area contributed by atoms with E-state index in [0.717, 1.165) is 45.0 Å². The van der Waals surface area contributed by atoms with Gasteiger partial charge >= 0.3 is 0 Å². The molecule has 2 aromatic carbocycles. The van der Waals surface area contributed by atoms with Gasteiger partial charge in [-0.05, 0) is 41.8 Å². The van der Waals surface area contributed by atoms with E-state index in [0.29, 0.717) is 5.56 Å². The maximum atomic E-state index is 12.4. The van der Waals surface area contributed by atoms with Gasteiger partial charge in [0.25, 0.3) is 5.91 Å². The Balaban J connectivity index is 1.60. The third-order valence-corrected chi connectivity index (χ3v) is 4.32. The molecule has 0 aliphatic carbocycles. The number of amides is 1. The topological polar surface area (TPSA) is 41.6 Å². The van der Waals surface area contributed by atoms with Gasteiger partial charge in [-0.25, -0.2) is 0 Å². The lowest BCUT2D eigenvalue weighted by molar-refractivity contribution is 0.0342. The van der Waals surface area contributed by atoms with Crippen LogP contribution in [-0.2, 0) is 17.7 Å². The van der Waals surface area contributed by atoms with Gasteiger partial charge in [-0.2, -0.15) is 0 Å². The zero-order valence-electron chi connectivity index (χ0n) is 14.1. The smallest absolute Gasteiger partial charge is 0.255 e. The quantitative estimate of drug-likeness (QED) is 0.917. The van der Waals surface area contributed by atoms with Gasteiger partial charge in [0.1, 0.15) is 0 Å². The van der Waals surface area contributed by atoms with Crippen molar-refractivity contribution in [2.45, 2.75) is 19.9 Å². The van der Waals surface area contributed by atoms with Crippen molar-refractivity contribution in [1.29, 1.82) is 0 Å². The van der Waals surface area contributed by atoms with Gasteiger partial charge in [-0.1, -0.05) is 31.2 Å². The maximum Gasteiger partial charge on any atom is 0.255 e. The Hall–Kier alpha value is -2.17. The summed E-state index contributed by atoms with van der Waals surface area (Å²) in [5.74, 6) is -0.0684. The van der Waals surface area contributed by atoms with Crippen LogP contribution < -0.4 is 5.32 Å². The van der Waals surface area contributed by atoms with Crippen molar-refractivity contribution in [2.24, 2.45) is 0 Å². The lowest BCUT2D eigenvalue weighted by Gasteiger charge is -2.26. The third-order valence-electron chi connectivity index (χ3n) is 4.32. The van der Waals surface area contributed by atoms with Gasteiger partial charge < -0.3 is 10.1 Å². The molecule has 4 heteroatoms. The average Bonchev–Trinajstić information content (AvgIpc) is 2.63. The number of carbonyl (C=O) groups excluding carboxylic acids is 1. The van der Waals surface area contributed by atoms with E-state index < -0.39 is 0 Å². The van der Waals surface area contributed by atoms with Crippen LogP contribution in [0.5, 0.6) is 0 Å². The number of benzene rings is 2. The van der Waals surface area contributed by atoms with Gasteiger partial charge in [0, 0.05) is 30.9 Å². The number of ether oxygens (including phenoxy) is 1. The molecule has 0 aromatic heterocycles. The molecule has 1 aliphatic rings. The fourth-order valence-corrected chi connectivity index (χ4v) is 2.85. The Morgan fingerprint density at radius 1 is 1.08 bits per heavy atom. The van der Waals surface area contributed by atoms with Crippen LogP contribution in [0.2, 0.25) is 0 Å². The molecule has 4 nitrogen and oxygen atoms in total. The summed E-state index contributed by atoms with van der Waals surface area (Å²) in [6, 6.07) is 15.8. The number of nitrogens with one attached hydrogen (secondary N) is 1. The highest BCUT2D eigenvalue weighted by molar-refractivity contribution is 6.04. The number of morpholine rings is 1. The van der Waals surface area contributed by atoms with Gasteiger partial charge in [0.05, 0.1) is 13.2 Å². The minimum absolute atomic E-state index is 0.0684. The standard InChI is InChI=1S/C20H24N2O2/c1-2-16-4-3-5-19(14-16)21-20(23)18-8-6-17(7-9-18)15-22-10-12-24-13-11-22/h3-9,14H,2,10-13,15H2,1H3,(H,21,23). The van der Waals surface area contributed by atoms with Crippen molar-refractivity contribution >= 4 is 11.6 Å². The maximum absolute atomic E-state index is 12.4. The van der Waals surface area contributed by atoms with Crippen molar-refractivity contribution in [2.75, 3.05) is 31.6 Å². The fourth-order valence-electron chi connectivity index (χ4n) is 2.85. The summed E-state index contributed by atoms with van der Waals surface area (Å²) in [6.45, 7) is 6.55. The molecule has 1 amide bonds. The monoisotopic (exact) mass is 324 g/mol. The summed E-state index contributed by atoms with van der Waals surface area (Å²) >= 11 is 0. The zero-order valence-corrected chi connectivity index (χ0v) is 14.1. The average molecular weight is 324 g/mol. The van der Waals surface area contributed by atoms with E-state index in [2.05, 4.69) is 23.2 Å². The second-order valence-corrected chi connectivity index (χ2v) is 6.09. The third kappa shape index (κ3) is 4.43. The first kappa shape index (κ1) is 16.7. The first-order valence-corrected chi connectivity index (χ1v) is 8.54. The molecule has 1 fully saturated rings. The van der Waals surface area contributed by atoms with Crippen LogP contribution in [0.3, 0.4) is 0 Å². The highest BCUT2D eigenvalue weighted by Gasteiger charge is 2.11. The number of aryl methyl sites for hydroxylation is 1. The van der Waals surface area contributed by atoms with Crippen LogP contribution >= 0.6 is 0 Å². The summed E-state index contributed by atoms with van der Waals surface area (Å²) in [5, 5.41) is 2.97. The van der Waals surface area contributed by atoms with Crippen molar-refractivity contribution < 1.29 is 9.53 Å². The molecule has 0 unspecified atom stereocenters. The highest BCUT2D eigenvalue weighted by atomic mass is 16.5. The minimum Gasteiger partial charge on any atom is -0.379 e. The zero-order chi connectivity index (χ0) is 16.8. The summed E-state index contributed by atoms with van der Waals surface area (Å²) in [7, 11) is 0. The van der Waals surface area contributed by atoms with Crippen LogP contribution in [0.4, 0.5) is 5.69 Å². The normalized spacial score (nSPS) is 15.2. The first-order chi connectivity index (χ1) is 11.7. The van der Waals surface area contributed by atoms with Crippen molar-refractivity contribution in [1.82, 2.24) is 4.90 Å². The van der Waals surface area contributed by atoms with Crippen LogP contribution in [0.15, 0.2) is 48.5 Å². The number of anilines is 1. The molecule has 2 aromatic rings. The largest absolute Gasteiger partial charge is 0.379 e. The molecule has 3 rings (SSSR count). The van der Waals surface area contributed by atoms with Gasteiger partial charge in [0.2, 0.25) is 0 Å². The van der Waals surface area contributed by atoms with Gasteiger partial charge in [-0.3, -0.25) is 9.69 Å². The van der Waals surface area contributed by atoms with E-state index in [1.807, 2.05) is 42.5 Å². The lowest BCUT2D eigenvalue weighted by Crippen LogP contribution is -2.35. The lowest BCUT2D eigenvalue weighted by atomic mass is 10.1. The Morgan fingerprint density at radius 2 is 1.83 bits per heavy atom. The Bertz CT molecular complexity index is 676. The molecule has 1 saturated heterocycles. The molecule has 0 spiro atoms. The SMILES string of the molecule is CCc1cccc(NC(=O)c2ccc(CN3CCOCC3)cc2)c1. The predicted octanol–water partition coefficient (Wildman–Crippen LogP) is 3.33. The number of hydrogen-bond acceptors (Lipinski definition) is 3. The van der Waals surface area contributed by atoms with E-state index in [1.165, 1.54) is 11.1 Å². The summed E-state index contributed by atoms with van der Waals surface area (Å²) in [4.78, 5) is 14.7. The van der Waals surface area contributed by atoms with E-state index in [1.54, 1.807) is 0 Å². The number of nitrogens with zero attached hydrogens (tertiary/aromatic N) is 1. The van der Waals surface area contributed by atoms with E-state index in [-0.39, 0.29) is 5.91 Å². The van der Waals surface area contributed by atoms with Crippen molar-refractivity contribution in [3.05, 3.63) is 65.2 Å². The van der Waals surface area contributed by atoms with E-state index in [4.69, 9.17) is 4.74 Å². The van der Waals surface area contributed by atoms with E-state index in [9.17, 15) is 4.79 Å². The molecular formula is C20H24N2O2. The van der Waals surface area contributed by atoms with Crippen LogP contribution in [0.25, 0.3) is 0 Å². The number of rotatable bonds is 5. The molecule has 0 atom stereocenters. The molecular weight excluding hydrogens is 300 g/mol. The fraction of sp³-hybridized carbons (Fsp3) is 0.350. The molecule has 0 saturated carbocycles. The molecule has 0 bridgehead atoms. The second-order valence-electron chi connectivity index (χ2n) is 6.09. The molecule has 1 heterocycles. The van der Waals surface area contributed by atoms with Crippen molar-refractivity contribution in [3.63, 3.8) is 0 Å². The molecule has 1 aliphatic heterocycles. The summed E-state index contributed by atoms with van der Waals surface area (Å²) in [5.41, 5.74) is 3.97. The van der Waals surface area contributed by atoms with E-state index >= 15 is 0 Å². The van der Waals surface area contributed by atoms with Crippen molar-refractivity contribution in [3.8, 4) is 0 Å². The first-order valence-electron chi connectivity index (χ1n) is 8.54. The van der Waals surface area contributed by atoms with Crippen LogP contribution in [-0.4, -0.2) is 37.1 Å². The second kappa shape index (κ2) is 8.08. The Labute approximate surface area is 143 Å². The van der Waals surface area contributed by atoms with Crippen LogP contribution in [0.1, 0.15) is 28.4 Å². The Morgan fingerprint density at radius 3 is 2.54 bits per heavy atom. The highest BCUT2D eigenvalue weighted by Crippen LogP contribution is 2.14. The molecule has 0 radical (unpaired) electrons.